The van der Waals surface area contributed by atoms with E-state index in [2.05, 4.69) is 38.2 Å². The number of halogens is 3. The summed E-state index contributed by atoms with van der Waals surface area (Å²) < 4.78 is 31.7. The number of rotatable bonds is 3. The zero-order chi connectivity index (χ0) is 19.2. The van der Waals surface area contributed by atoms with Crippen LogP contribution in [0, 0.1) is 6.92 Å². The molecule has 1 fully saturated rings. The van der Waals surface area contributed by atoms with Crippen LogP contribution in [-0.4, -0.2) is 46.9 Å². The van der Waals surface area contributed by atoms with Crippen molar-refractivity contribution in [1.82, 2.24) is 5.32 Å². The van der Waals surface area contributed by atoms with Gasteiger partial charge >= 0.3 is 12.1 Å². The van der Waals surface area contributed by atoms with Crippen molar-refractivity contribution in [2.45, 2.75) is 39.0 Å². The van der Waals surface area contributed by atoms with E-state index in [1.165, 1.54) is 5.56 Å². The van der Waals surface area contributed by atoms with E-state index in [0.717, 1.165) is 17.3 Å². The van der Waals surface area contributed by atoms with Gasteiger partial charge in [0.05, 0.1) is 6.04 Å². The van der Waals surface area contributed by atoms with Gasteiger partial charge in [-0.15, -0.1) is 11.8 Å². The minimum atomic E-state index is -5.08. The molecule has 1 atom stereocenters. The summed E-state index contributed by atoms with van der Waals surface area (Å²) in [4.78, 5) is 23.3. The Balaban J connectivity index is 0.000000381. The van der Waals surface area contributed by atoms with E-state index in [-0.39, 0.29) is 18.0 Å². The quantitative estimate of drug-likeness (QED) is 0.846. The number of anilines is 1. The number of benzene rings is 1. The minimum absolute atomic E-state index is 0.0436. The topological polar surface area (TPSA) is 69.6 Å². The van der Waals surface area contributed by atoms with Crippen molar-refractivity contribution in [1.29, 1.82) is 0 Å². The lowest BCUT2D eigenvalue weighted by Crippen LogP contribution is -2.48. The number of hydrogen-bond acceptors (Lipinski definition) is 4. The Kier molecular flexibility index (Phi) is 7.75. The molecular weight excluding hydrogens is 357 g/mol. The van der Waals surface area contributed by atoms with Gasteiger partial charge in [0.1, 0.15) is 0 Å². The fraction of sp³-hybridized carbons (Fsp3) is 0.500. The summed E-state index contributed by atoms with van der Waals surface area (Å²) in [6, 6.07) is 8.26. The van der Waals surface area contributed by atoms with Gasteiger partial charge in [0, 0.05) is 23.4 Å². The smallest absolute Gasteiger partial charge is 0.475 e. The zero-order valence-electron chi connectivity index (χ0n) is 14.1. The Morgan fingerprint density at radius 3 is 2.36 bits per heavy atom. The number of aryl methyl sites for hydroxylation is 1. The van der Waals surface area contributed by atoms with Crippen molar-refractivity contribution in [2.75, 3.05) is 16.5 Å². The molecule has 140 valence electrons. The second kappa shape index (κ2) is 9.10. The van der Waals surface area contributed by atoms with Crippen LogP contribution in [0.15, 0.2) is 24.3 Å². The third-order valence-corrected chi connectivity index (χ3v) is 4.23. The molecule has 1 aliphatic rings. The molecule has 1 heterocycles. The highest BCUT2D eigenvalue weighted by atomic mass is 32.2. The first kappa shape index (κ1) is 21.3. The minimum Gasteiger partial charge on any atom is -0.475 e. The molecule has 0 aliphatic carbocycles. The Morgan fingerprint density at radius 2 is 1.96 bits per heavy atom. The molecule has 1 saturated heterocycles. The number of nitrogens with zero attached hydrogens (tertiary/aromatic N) is 1. The molecule has 25 heavy (non-hydrogen) atoms. The standard InChI is InChI=1S/C14H20N2OS.C2HF3O2/c1-10(2)16(12-6-4-5-11(3)7-12)14(17)13-8-18-9-15-13;3-2(4,5)1(6)7/h4-7,10,13,15H,8-9H2,1-3H3;(H,6,7)/t13-;/m0./s1. The highest BCUT2D eigenvalue weighted by Gasteiger charge is 2.38. The summed E-state index contributed by atoms with van der Waals surface area (Å²) in [7, 11) is 0. The first-order valence-corrected chi connectivity index (χ1v) is 8.70. The van der Waals surface area contributed by atoms with Crippen molar-refractivity contribution in [3.05, 3.63) is 29.8 Å². The van der Waals surface area contributed by atoms with E-state index in [4.69, 9.17) is 9.90 Å². The van der Waals surface area contributed by atoms with Crippen LogP contribution in [0.2, 0.25) is 0 Å². The third kappa shape index (κ3) is 6.58. The molecule has 0 unspecified atom stereocenters. The lowest BCUT2D eigenvalue weighted by molar-refractivity contribution is -0.192. The maximum absolute atomic E-state index is 12.5. The van der Waals surface area contributed by atoms with Gasteiger partial charge in [-0.1, -0.05) is 12.1 Å². The van der Waals surface area contributed by atoms with Crippen LogP contribution >= 0.6 is 11.8 Å². The van der Waals surface area contributed by atoms with E-state index < -0.39 is 12.1 Å². The molecule has 0 aromatic heterocycles. The van der Waals surface area contributed by atoms with E-state index in [1.54, 1.807) is 11.8 Å². The molecule has 9 heteroatoms. The SMILES string of the molecule is Cc1cccc(N(C(=O)[C@@H]2CSCN2)C(C)C)c1.O=C(O)C(F)(F)F. The van der Waals surface area contributed by atoms with Crippen molar-refractivity contribution in [3.8, 4) is 0 Å². The number of carbonyl (C=O) groups is 2. The molecular formula is C16H21F3N2O3S. The maximum atomic E-state index is 12.5. The molecule has 2 N–H and O–H groups in total. The number of alkyl halides is 3. The number of hydrogen-bond donors (Lipinski definition) is 2. The summed E-state index contributed by atoms with van der Waals surface area (Å²) in [5.74, 6) is -0.836. The van der Waals surface area contributed by atoms with Crippen LogP contribution in [0.3, 0.4) is 0 Å². The number of thioether (sulfide) groups is 1. The average Bonchev–Trinajstić information content (AvgIpc) is 3.00. The van der Waals surface area contributed by atoms with Crippen LogP contribution in [0.1, 0.15) is 19.4 Å². The first-order chi connectivity index (χ1) is 11.5. The molecule has 0 bridgehead atoms. The number of carbonyl (C=O) groups excluding carboxylic acids is 1. The predicted molar refractivity (Wildman–Crippen MR) is 91.7 cm³/mol. The van der Waals surface area contributed by atoms with Gasteiger partial charge in [-0.2, -0.15) is 13.2 Å². The lowest BCUT2D eigenvalue weighted by Gasteiger charge is -2.29. The number of nitrogens with one attached hydrogen (secondary N) is 1. The van der Waals surface area contributed by atoms with E-state index in [9.17, 15) is 18.0 Å². The monoisotopic (exact) mass is 378 g/mol. The van der Waals surface area contributed by atoms with Crippen LogP contribution in [0.5, 0.6) is 0 Å². The van der Waals surface area contributed by atoms with Gasteiger partial charge in [0.2, 0.25) is 5.91 Å². The molecule has 2 rings (SSSR count). The van der Waals surface area contributed by atoms with E-state index in [0.29, 0.717) is 0 Å². The molecule has 0 spiro atoms. The second-order valence-electron chi connectivity index (χ2n) is 5.72. The Hall–Kier alpha value is -1.74. The fourth-order valence-electron chi connectivity index (χ4n) is 2.18. The van der Waals surface area contributed by atoms with Crippen molar-refractivity contribution >= 4 is 29.3 Å². The Morgan fingerprint density at radius 1 is 1.36 bits per heavy atom. The number of carboxylic acid groups (broad SMARTS) is 1. The van der Waals surface area contributed by atoms with E-state index >= 15 is 0 Å². The lowest BCUT2D eigenvalue weighted by atomic mass is 10.1. The van der Waals surface area contributed by atoms with Gasteiger partial charge in [0.15, 0.2) is 0 Å². The largest absolute Gasteiger partial charge is 0.490 e. The van der Waals surface area contributed by atoms with Crippen LogP contribution in [-0.2, 0) is 9.59 Å². The van der Waals surface area contributed by atoms with Crippen molar-refractivity contribution in [3.63, 3.8) is 0 Å². The molecule has 1 aromatic carbocycles. The van der Waals surface area contributed by atoms with Crippen molar-refractivity contribution < 1.29 is 27.9 Å². The molecule has 1 aliphatic heterocycles. The molecule has 5 nitrogen and oxygen atoms in total. The van der Waals surface area contributed by atoms with Crippen LogP contribution in [0.4, 0.5) is 18.9 Å². The van der Waals surface area contributed by atoms with E-state index in [1.807, 2.05) is 17.0 Å². The summed E-state index contributed by atoms with van der Waals surface area (Å²) in [6.45, 7) is 6.17. The average molecular weight is 378 g/mol. The van der Waals surface area contributed by atoms with Gasteiger partial charge in [-0.3, -0.25) is 10.1 Å². The molecule has 0 radical (unpaired) electrons. The predicted octanol–water partition coefficient (Wildman–Crippen LogP) is 3.03. The third-order valence-electron chi connectivity index (χ3n) is 3.29. The molecule has 0 saturated carbocycles. The van der Waals surface area contributed by atoms with Crippen molar-refractivity contribution in [2.24, 2.45) is 0 Å². The maximum Gasteiger partial charge on any atom is 0.490 e. The summed E-state index contributed by atoms with van der Waals surface area (Å²) >= 11 is 1.78. The van der Waals surface area contributed by atoms with Gasteiger partial charge in [0.25, 0.3) is 0 Å². The fourth-order valence-corrected chi connectivity index (χ4v) is 3.11. The zero-order valence-corrected chi connectivity index (χ0v) is 14.9. The highest BCUT2D eigenvalue weighted by Crippen LogP contribution is 2.22. The van der Waals surface area contributed by atoms with Crippen LogP contribution in [0.25, 0.3) is 0 Å². The number of amides is 1. The van der Waals surface area contributed by atoms with Gasteiger partial charge < -0.3 is 10.0 Å². The van der Waals surface area contributed by atoms with Crippen LogP contribution < -0.4 is 10.2 Å². The van der Waals surface area contributed by atoms with Gasteiger partial charge in [-0.05, 0) is 38.5 Å². The Bertz CT molecular complexity index is 603. The summed E-state index contributed by atoms with van der Waals surface area (Å²) in [5, 5.41) is 10.4. The second-order valence-corrected chi connectivity index (χ2v) is 6.75. The highest BCUT2D eigenvalue weighted by molar-refractivity contribution is 7.99. The number of aliphatic carboxylic acids is 1. The summed E-state index contributed by atoms with van der Waals surface area (Å²) in [5.41, 5.74) is 2.17. The Labute approximate surface area is 148 Å². The molecule has 1 aromatic rings. The first-order valence-electron chi connectivity index (χ1n) is 7.55. The summed E-state index contributed by atoms with van der Waals surface area (Å²) in [6.07, 6.45) is -5.08. The number of carboxylic acids is 1. The normalized spacial score (nSPS) is 17.0. The molecule has 1 amide bonds. The van der Waals surface area contributed by atoms with Gasteiger partial charge in [-0.25, -0.2) is 4.79 Å².